The summed E-state index contributed by atoms with van der Waals surface area (Å²) in [7, 11) is 3.84. The SMILES string of the molecule is CN=C(NCCSC)N(C)Cc1ccc(Cl)cc1. The summed E-state index contributed by atoms with van der Waals surface area (Å²) >= 11 is 7.69. The fourth-order valence-electron chi connectivity index (χ4n) is 1.59. The Bertz CT molecular complexity index is 378. The number of thioether (sulfide) groups is 1. The highest BCUT2D eigenvalue weighted by Gasteiger charge is 2.05. The third-order valence-electron chi connectivity index (χ3n) is 2.50. The van der Waals surface area contributed by atoms with Crippen LogP contribution in [0.5, 0.6) is 0 Å². The van der Waals surface area contributed by atoms with E-state index in [0.717, 1.165) is 29.8 Å². The highest BCUT2D eigenvalue weighted by atomic mass is 35.5. The zero-order valence-electron chi connectivity index (χ0n) is 11.1. The molecule has 0 radical (unpaired) electrons. The molecule has 0 saturated heterocycles. The van der Waals surface area contributed by atoms with Gasteiger partial charge >= 0.3 is 0 Å². The van der Waals surface area contributed by atoms with Crippen LogP contribution < -0.4 is 5.32 Å². The summed E-state index contributed by atoms with van der Waals surface area (Å²) in [6, 6.07) is 7.89. The number of hydrogen-bond acceptors (Lipinski definition) is 2. The number of nitrogens with one attached hydrogen (secondary N) is 1. The maximum absolute atomic E-state index is 5.87. The molecule has 0 spiro atoms. The van der Waals surface area contributed by atoms with Gasteiger partial charge in [-0.3, -0.25) is 4.99 Å². The summed E-state index contributed by atoms with van der Waals surface area (Å²) in [5, 5.41) is 4.10. The zero-order chi connectivity index (χ0) is 13.4. The van der Waals surface area contributed by atoms with Crippen molar-refractivity contribution in [3.8, 4) is 0 Å². The monoisotopic (exact) mass is 285 g/mol. The van der Waals surface area contributed by atoms with Crippen molar-refractivity contribution in [2.24, 2.45) is 4.99 Å². The molecule has 0 aliphatic carbocycles. The van der Waals surface area contributed by atoms with Crippen molar-refractivity contribution >= 4 is 29.3 Å². The van der Waals surface area contributed by atoms with Gasteiger partial charge in [0.1, 0.15) is 0 Å². The Morgan fingerprint density at radius 2 is 2.06 bits per heavy atom. The molecule has 18 heavy (non-hydrogen) atoms. The molecule has 1 N–H and O–H groups in total. The molecule has 0 aliphatic rings. The van der Waals surface area contributed by atoms with Crippen LogP contribution in [-0.4, -0.2) is 43.5 Å². The first-order valence-corrected chi connectivity index (χ1v) is 7.59. The molecule has 0 heterocycles. The Hall–Kier alpha value is -0.870. The van der Waals surface area contributed by atoms with Gasteiger partial charge in [0.05, 0.1) is 0 Å². The molecule has 0 fully saturated rings. The van der Waals surface area contributed by atoms with Crippen LogP contribution in [0.25, 0.3) is 0 Å². The van der Waals surface area contributed by atoms with E-state index in [-0.39, 0.29) is 0 Å². The summed E-state index contributed by atoms with van der Waals surface area (Å²) in [5.41, 5.74) is 1.22. The van der Waals surface area contributed by atoms with Crippen molar-refractivity contribution in [1.82, 2.24) is 10.2 Å². The van der Waals surface area contributed by atoms with Crippen molar-refractivity contribution in [2.75, 3.05) is 32.6 Å². The number of nitrogens with zero attached hydrogens (tertiary/aromatic N) is 2. The van der Waals surface area contributed by atoms with E-state index >= 15 is 0 Å². The van der Waals surface area contributed by atoms with Crippen molar-refractivity contribution in [1.29, 1.82) is 0 Å². The molecule has 0 aliphatic heterocycles. The highest BCUT2D eigenvalue weighted by molar-refractivity contribution is 7.98. The first kappa shape index (κ1) is 15.2. The molecule has 3 nitrogen and oxygen atoms in total. The van der Waals surface area contributed by atoms with E-state index in [9.17, 15) is 0 Å². The number of aliphatic imine (C=N–C) groups is 1. The molecule has 0 atom stereocenters. The molecule has 1 rings (SSSR count). The van der Waals surface area contributed by atoms with E-state index in [2.05, 4.69) is 21.5 Å². The molecule has 0 unspecified atom stereocenters. The number of rotatable bonds is 5. The molecule has 0 saturated carbocycles. The first-order chi connectivity index (χ1) is 8.67. The van der Waals surface area contributed by atoms with Gasteiger partial charge in [0.15, 0.2) is 5.96 Å². The number of benzene rings is 1. The molecule has 0 amide bonds. The van der Waals surface area contributed by atoms with Crippen molar-refractivity contribution in [2.45, 2.75) is 6.54 Å². The highest BCUT2D eigenvalue weighted by Crippen LogP contribution is 2.10. The Kier molecular flexibility index (Phi) is 6.98. The number of halogens is 1. The maximum atomic E-state index is 5.87. The Balaban J connectivity index is 2.51. The minimum absolute atomic E-state index is 0.767. The maximum Gasteiger partial charge on any atom is 0.193 e. The molecule has 1 aromatic carbocycles. The third-order valence-corrected chi connectivity index (χ3v) is 3.36. The minimum atomic E-state index is 0.767. The van der Waals surface area contributed by atoms with E-state index in [1.54, 1.807) is 7.05 Å². The zero-order valence-corrected chi connectivity index (χ0v) is 12.7. The average molecular weight is 286 g/mol. The predicted molar refractivity (Wildman–Crippen MR) is 82.7 cm³/mol. The van der Waals surface area contributed by atoms with E-state index in [4.69, 9.17) is 11.6 Å². The largest absolute Gasteiger partial charge is 0.355 e. The van der Waals surface area contributed by atoms with Gasteiger partial charge in [-0.15, -0.1) is 0 Å². The Morgan fingerprint density at radius 3 is 2.61 bits per heavy atom. The van der Waals surface area contributed by atoms with Crippen LogP contribution in [0, 0.1) is 0 Å². The van der Waals surface area contributed by atoms with Gasteiger partial charge in [0.25, 0.3) is 0 Å². The summed E-state index contributed by atoms with van der Waals surface area (Å²) in [5.74, 6) is 1.99. The second-order valence-electron chi connectivity index (χ2n) is 3.95. The Labute approximate surface area is 119 Å². The minimum Gasteiger partial charge on any atom is -0.355 e. The lowest BCUT2D eigenvalue weighted by molar-refractivity contribution is 0.479. The van der Waals surface area contributed by atoms with Crippen LogP contribution in [0.15, 0.2) is 29.3 Å². The smallest absolute Gasteiger partial charge is 0.193 e. The number of hydrogen-bond donors (Lipinski definition) is 1. The lowest BCUT2D eigenvalue weighted by Crippen LogP contribution is -2.39. The van der Waals surface area contributed by atoms with Crippen LogP contribution in [0.2, 0.25) is 5.02 Å². The topological polar surface area (TPSA) is 27.6 Å². The quantitative estimate of drug-likeness (QED) is 0.512. The van der Waals surface area contributed by atoms with Crippen LogP contribution >= 0.6 is 23.4 Å². The van der Waals surface area contributed by atoms with Gasteiger partial charge in [-0.1, -0.05) is 23.7 Å². The molecule has 5 heteroatoms. The second kappa shape index (κ2) is 8.27. The molecular weight excluding hydrogens is 266 g/mol. The summed E-state index contributed by atoms with van der Waals surface area (Å²) in [4.78, 5) is 6.37. The van der Waals surface area contributed by atoms with Crippen LogP contribution in [0.3, 0.4) is 0 Å². The third kappa shape index (κ3) is 5.19. The van der Waals surface area contributed by atoms with E-state index in [1.165, 1.54) is 5.56 Å². The van der Waals surface area contributed by atoms with Crippen LogP contribution in [0.4, 0.5) is 0 Å². The fraction of sp³-hybridized carbons (Fsp3) is 0.462. The normalized spacial score (nSPS) is 11.4. The van der Waals surface area contributed by atoms with Gasteiger partial charge in [0.2, 0.25) is 0 Å². The van der Waals surface area contributed by atoms with Gasteiger partial charge in [-0.25, -0.2) is 0 Å². The summed E-state index contributed by atoms with van der Waals surface area (Å²) in [6.07, 6.45) is 2.10. The second-order valence-corrected chi connectivity index (χ2v) is 5.37. The van der Waals surface area contributed by atoms with Gasteiger partial charge in [-0.05, 0) is 24.0 Å². The van der Waals surface area contributed by atoms with Gasteiger partial charge < -0.3 is 10.2 Å². The summed E-state index contributed by atoms with van der Waals surface area (Å²) in [6.45, 7) is 1.74. The molecule has 0 aromatic heterocycles. The first-order valence-electron chi connectivity index (χ1n) is 5.82. The van der Waals surface area contributed by atoms with Crippen LogP contribution in [0.1, 0.15) is 5.56 Å². The van der Waals surface area contributed by atoms with Crippen molar-refractivity contribution < 1.29 is 0 Å². The molecule has 0 bridgehead atoms. The van der Waals surface area contributed by atoms with E-state index in [0.29, 0.717) is 0 Å². The fourth-order valence-corrected chi connectivity index (χ4v) is 2.02. The van der Waals surface area contributed by atoms with E-state index in [1.807, 2.05) is 43.1 Å². The molecule has 1 aromatic rings. The Morgan fingerprint density at radius 1 is 1.39 bits per heavy atom. The lowest BCUT2D eigenvalue weighted by atomic mass is 10.2. The van der Waals surface area contributed by atoms with Gasteiger partial charge in [0, 0.05) is 38.0 Å². The summed E-state index contributed by atoms with van der Waals surface area (Å²) < 4.78 is 0. The molecule has 100 valence electrons. The molecular formula is C13H20ClN3S. The van der Waals surface area contributed by atoms with Crippen LogP contribution in [-0.2, 0) is 6.54 Å². The number of guanidine groups is 1. The van der Waals surface area contributed by atoms with Crippen molar-refractivity contribution in [3.63, 3.8) is 0 Å². The predicted octanol–water partition coefficient (Wildman–Crippen LogP) is 2.71. The van der Waals surface area contributed by atoms with Gasteiger partial charge in [-0.2, -0.15) is 11.8 Å². The lowest BCUT2D eigenvalue weighted by Gasteiger charge is -2.22. The standard InChI is InChI=1S/C13H20ClN3S/c1-15-13(16-8-9-18-3)17(2)10-11-4-6-12(14)7-5-11/h4-7H,8-10H2,1-3H3,(H,15,16). The van der Waals surface area contributed by atoms with E-state index < -0.39 is 0 Å². The van der Waals surface area contributed by atoms with Crippen molar-refractivity contribution in [3.05, 3.63) is 34.9 Å². The average Bonchev–Trinajstić information content (AvgIpc) is 2.37.